The van der Waals surface area contributed by atoms with E-state index in [1.165, 1.54) is 6.20 Å². The maximum atomic E-state index is 14.3. The molecule has 2 aromatic carbocycles. The van der Waals surface area contributed by atoms with Crippen LogP contribution < -0.4 is 21.3 Å². The minimum absolute atomic E-state index is 0.0465. The first-order chi connectivity index (χ1) is 18.5. The molecule has 188 valence electrons. The number of nitrogens with one attached hydrogen (secondary N) is 1. The highest BCUT2D eigenvalue weighted by Gasteiger charge is 2.20. The largest absolute Gasteiger partial charge is 0.492 e. The third-order valence-electron chi connectivity index (χ3n) is 6.15. The molecule has 0 aliphatic heterocycles. The first-order valence-electron chi connectivity index (χ1n) is 12.1. The molecule has 5 rings (SSSR count). The Kier molecular flexibility index (Phi) is 6.70. The molecule has 3 N–H and O–H groups in total. The van der Waals surface area contributed by atoms with Crippen molar-refractivity contribution in [1.82, 2.24) is 19.5 Å². The molecule has 0 saturated heterocycles. The van der Waals surface area contributed by atoms with Crippen molar-refractivity contribution in [3.05, 3.63) is 101 Å². The van der Waals surface area contributed by atoms with Gasteiger partial charge in [-0.1, -0.05) is 36.4 Å². The van der Waals surface area contributed by atoms with Gasteiger partial charge in [-0.05, 0) is 49.1 Å². The summed E-state index contributed by atoms with van der Waals surface area (Å²) in [5.41, 5.74) is 8.79. The van der Waals surface area contributed by atoms with Gasteiger partial charge in [0.05, 0.1) is 30.4 Å². The van der Waals surface area contributed by atoms with Crippen LogP contribution in [-0.2, 0) is 0 Å². The summed E-state index contributed by atoms with van der Waals surface area (Å²) in [4.78, 5) is 26.7. The summed E-state index contributed by atoms with van der Waals surface area (Å²) in [6, 6.07) is 20.7. The Balaban J connectivity index is 1.73. The van der Waals surface area contributed by atoms with E-state index in [2.05, 4.69) is 26.3 Å². The molecule has 0 saturated carbocycles. The Bertz CT molecular complexity index is 1730. The summed E-state index contributed by atoms with van der Waals surface area (Å²) in [6.07, 6.45) is 4.75. The fourth-order valence-corrected chi connectivity index (χ4v) is 4.46. The van der Waals surface area contributed by atoms with E-state index in [0.717, 1.165) is 16.5 Å². The molecule has 0 radical (unpaired) electrons. The average molecular weight is 504 g/mol. The first-order valence-corrected chi connectivity index (χ1v) is 12.1. The van der Waals surface area contributed by atoms with Crippen molar-refractivity contribution in [3.8, 4) is 28.6 Å². The fourth-order valence-electron chi connectivity index (χ4n) is 4.46. The van der Waals surface area contributed by atoms with E-state index in [9.17, 15) is 10.1 Å². The molecule has 1 atom stereocenters. The van der Waals surface area contributed by atoms with Crippen LogP contribution in [0, 0.1) is 11.3 Å². The highest BCUT2D eigenvalue weighted by molar-refractivity contribution is 5.96. The number of nitrogen functional groups attached to an aromatic ring is 1. The van der Waals surface area contributed by atoms with Gasteiger partial charge in [-0.2, -0.15) is 10.2 Å². The predicted octanol–water partition coefficient (Wildman–Crippen LogP) is 4.87. The number of nitrogens with two attached hydrogens (primary N) is 1. The monoisotopic (exact) mass is 503 g/mol. The molecule has 0 aliphatic rings. The van der Waals surface area contributed by atoms with E-state index < -0.39 is 6.04 Å². The number of fused-ring (bicyclic) bond motifs is 1. The number of hydrogen-bond acceptors (Lipinski definition) is 8. The Labute approximate surface area is 219 Å². The zero-order valence-electron chi connectivity index (χ0n) is 20.9. The number of nitriles is 1. The number of pyridine rings is 2. The van der Waals surface area contributed by atoms with Crippen LogP contribution in [0.4, 0.5) is 11.8 Å². The van der Waals surface area contributed by atoms with Crippen molar-refractivity contribution in [2.45, 2.75) is 19.9 Å². The number of ether oxygens (including phenoxy) is 1. The zero-order chi connectivity index (χ0) is 26.6. The number of rotatable bonds is 7. The van der Waals surface area contributed by atoms with Gasteiger partial charge < -0.3 is 15.8 Å². The lowest BCUT2D eigenvalue weighted by atomic mass is 9.98. The molecule has 0 fully saturated rings. The number of anilines is 2. The second-order valence-corrected chi connectivity index (χ2v) is 8.63. The van der Waals surface area contributed by atoms with Crippen LogP contribution in [-0.4, -0.2) is 26.1 Å². The second kappa shape index (κ2) is 10.4. The molecule has 1 unspecified atom stereocenters. The van der Waals surface area contributed by atoms with Gasteiger partial charge in [0.25, 0.3) is 5.56 Å². The van der Waals surface area contributed by atoms with Crippen LogP contribution in [0.2, 0.25) is 0 Å². The minimum Gasteiger partial charge on any atom is -0.492 e. The summed E-state index contributed by atoms with van der Waals surface area (Å²) in [6.45, 7) is 4.33. The van der Waals surface area contributed by atoms with Crippen LogP contribution in [0.3, 0.4) is 0 Å². The molecule has 0 bridgehead atoms. The Hall–Kier alpha value is -5.23. The molecule has 3 aromatic heterocycles. The fraction of sp³-hybridized carbons (Fsp3) is 0.138. The molecule has 9 nitrogen and oxygen atoms in total. The summed E-state index contributed by atoms with van der Waals surface area (Å²) >= 11 is 0. The normalized spacial score (nSPS) is 11.6. The molecular formula is C29H25N7O2. The maximum Gasteiger partial charge on any atom is 0.263 e. The van der Waals surface area contributed by atoms with Gasteiger partial charge in [0.2, 0.25) is 5.95 Å². The maximum absolute atomic E-state index is 14.3. The number of benzene rings is 2. The zero-order valence-corrected chi connectivity index (χ0v) is 20.9. The van der Waals surface area contributed by atoms with Gasteiger partial charge in [-0.3, -0.25) is 14.3 Å². The standard InChI is InChI=1S/C29H25N7O2/c1-3-38-23-12-20(15-32-17-23)24-11-7-8-19-13-25(18(2)34-27-21(14-30)16-33-29(31)35-27)36(28(37)26(19)24)22-9-5-4-6-10-22/h4-13,15-18H,3H2,1-2H3,(H3,31,33,34,35). The summed E-state index contributed by atoms with van der Waals surface area (Å²) < 4.78 is 7.32. The molecule has 9 heteroatoms. The number of aromatic nitrogens is 4. The number of hydrogen-bond donors (Lipinski definition) is 2. The smallest absolute Gasteiger partial charge is 0.263 e. The lowest BCUT2D eigenvalue weighted by Gasteiger charge is -2.22. The van der Waals surface area contributed by atoms with E-state index in [4.69, 9.17) is 10.5 Å². The lowest BCUT2D eigenvalue weighted by Crippen LogP contribution is -2.26. The summed E-state index contributed by atoms with van der Waals surface area (Å²) in [5, 5.41) is 14.1. The van der Waals surface area contributed by atoms with Crippen LogP contribution in [0.5, 0.6) is 5.75 Å². The molecule has 38 heavy (non-hydrogen) atoms. The average Bonchev–Trinajstić information content (AvgIpc) is 2.93. The molecule has 0 amide bonds. The molecule has 3 heterocycles. The first kappa shape index (κ1) is 24.5. The quantitative estimate of drug-likeness (QED) is 0.322. The van der Waals surface area contributed by atoms with Gasteiger partial charge in [-0.15, -0.1) is 0 Å². The van der Waals surface area contributed by atoms with Crippen LogP contribution in [0.1, 0.15) is 31.1 Å². The lowest BCUT2D eigenvalue weighted by molar-refractivity contribution is 0.339. The van der Waals surface area contributed by atoms with E-state index in [0.29, 0.717) is 34.9 Å². The predicted molar refractivity (Wildman–Crippen MR) is 147 cm³/mol. The number of para-hydroxylation sites is 1. The van der Waals surface area contributed by atoms with Crippen molar-refractivity contribution in [2.75, 3.05) is 17.7 Å². The SMILES string of the molecule is CCOc1cncc(-c2cccc3cc(C(C)Nc4nc(N)ncc4C#N)n(-c4ccccc4)c(=O)c23)c1. The van der Waals surface area contributed by atoms with E-state index >= 15 is 0 Å². The third-order valence-corrected chi connectivity index (χ3v) is 6.15. The van der Waals surface area contributed by atoms with Crippen LogP contribution >= 0.6 is 0 Å². The molecule has 0 spiro atoms. The van der Waals surface area contributed by atoms with Crippen molar-refractivity contribution >= 4 is 22.5 Å². The van der Waals surface area contributed by atoms with Gasteiger partial charge in [0.1, 0.15) is 23.2 Å². The van der Waals surface area contributed by atoms with Crippen LogP contribution in [0.25, 0.3) is 27.6 Å². The Morgan fingerprint density at radius 3 is 2.68 bits per heavy atom. The van der Waals surface area contributed by atoms with E-state index in [1.54, 1.807) is 17.0 Å². The van der Waals surface area contributed by atoms with Crippen molar-refractivity contribution in [3.63, 3.8) is 0 Å². The van der Waals surface area contributed by atoms with Gasteiger partial charge in [0, 0.05) is 23.1 Å². The van der Waals surface area contributed by atoms with E-state index in [-0.39, 0.29) is 17.1 Å². The molecule has 5 aromatic rings. The highest BCUT2D eigenvalue weighted by Crippen LogP contribution is 2.31. The van der Waals surface area contributed by atoms with E-state index in [1.807, 2.05) is 74.5 Å². The number of nitrogens with zero attached hydrogens (tertiary/aromatic N) is 5. The van der Waals surface area contributed by atoms with Crippen LogP contribution in [0.15, 0.2) is 84.0 Å². The van der Waals surface area contributed by atoms with Gasteiger partial charge in [0.15, 0.2) is 0 Å². The Morgan fingerprint density at radius 1 is 1.11 bits per heavy atom. The molecule has 0 aliphatic carbocycles. The highest BCUT2D eigenvalue weighted by atomic mass is 16.5. The van der Waals surface area contributed by atoms with Gasteiger partial charge >= 0.3 is 0 Å². The minimum atomic E-state index is -0.416. The van der Waals surface area contributed by atoms with Crippen molar-refractivity contribution in [2.24, 2.45) is 0 Å². The molecular weight excluding hydrogens is 478 g/mol. The Morgan fingerprint density at radius 2 is 1.92 bits per heavy atom. The van der Waals surface area contributed by atoms with Crippen molar-refractivity contribution in [1.29, 1.82) is 5.26 Å². The second-order valence-electron chi connectivity index (χ2n) is 8.63. The van der Waals surface area contributed by atoms with Crippen molar-refractivity contribution < 1.29 is 4.74 Å². The third kappa shape index (κ3) is 4.63. The summed E-state index contributed by atoms with van der Waals surface area (Å²) in [7, 11) is 0. The topological polar surface area (TPSA) is 132 Å². The van der Waals surface area contributed by atoms with Gasteiger partial charge in [-0.25, -0.2) is 4.98 Å². The summed E-state index contributed by atoms with van der Waals surface area (Å²) in [5.74, 6) is 0.981.